The van der Waals surface area contributed by atoms with Crippen molar-refractivity contribution < 1.29 is 9.53 Å². The molecule has 2 heterocycles. The number of hydrogen-bond acceptors (Lipinski definition) is 6. The van der Waals surface area contributed by atoms with Gasteiger partial charge >= 0.3 is 5.97 Å². The molecule has 5 nitrogen and oxygen atoms in total. The first-order chi connectivity index (χ1) is 14.2. The molecule has 0 fully saturated rings. The Kier molecular flexibility index (Phi) is 5.53. The van der Waals surface area contributed by atoms with Crippen LogP contribution in [-0.4, -0.2) is 22.5 Å². The van der Waals surface area contributed by atoms with Crippen LogP contribution in [0.25, 0.3) is 21.3 Å². The lowest BCUT2D eigenvalue weighted by Gasteiger charge is -2.12. The van der Waals surface area contributed by atoms with E-state index in [1.807, 2.05) is 49.4 Å². The molecular formula is C23H21N3O2S. The summed E-state index contributed by atoms with van der Waals surface area (Å²) in [6.45, 7) is 4.18. The predicted molar refractivity (Wildman–Crippen MR) is 118 cm³/mol. The second-order valence-electron chi connectivity index (χ2n) is 6.61. The van der Waals surface area contributed by atoms with Gasteiger partial charge in [-0.15, -0.1) is 11.3 Å². The Morgan fingerprint density at radius 1 is 1.07 bits per heavy atom. The van der Waals surface area contributed by atoms with Crippen LogP contribution in [0.4, 0.5) is 11.5 Å². The summed E-state index contributed by atoms with van der Waals surface area (Å²) < 4.78 is 5.07. The number of nitrogens with zero attached hydrogens (tertiary/aromatic N) is 2. The number of ether oxygens (including phenoxy) is 1. The van der Waals surface area contributed by atoms with Crippen molar-refractivity contribution in [3.8, 4) is 11.1 Å². The van der Waals surface area contributed by atoms with E-state index in [4.69, 9.17) is 9.72 Å². The summed E-state index contributed by atoms with van der Waals surface area (Å²) in [6.07, 6.45) is 0.0464. The van der Waals surface area contributed by atoms with Gasteiger partial charge in [-0.3, -0.25) is 4.79 Å². The minimum absolute atomic E-state index is 0.0464. The highest BCUT2D eigenvalue weighted by atomic mass is 32.1. The molecule has 146 valence electrons. The number of esters is 1. The van der Waals surface area contributed by atoms with Crippen LogP contribution in [0.5, 0.6) is 0 Å². The monoisotopic (exact) mass is 403 g/mol. The van der Waals surface area contributed by atoms with Gasteiger partial charge in [-0.05, 0) is 31.0 Å². The van der Waals surface area contributed by atoms with Gasteiger partial charge < -0.3 is 10.1 Å². The van der Waals surface area contributed by atoms with Crippen LogP contribution in [0.2, 0.25) is 0 Å². The fourth-order valence-electron chi connectivity index (χ4n) is 3.17. The third kappa shape index (κ3) is 4.12. The zero-order chi connectivity index (χ0) is 20.2. The molecule has 0 amide bonds. The fourth-order valence-corrected chi connectivity index (χ4v) is 4.13. The topological polar surface area (TPSA) is 64.1 Å². The molecule has 0 unspecified atom stereocenters. The summed E-state index contributed by atoms with van der Waals surface area (Å²) in [5, 5.41) is 6.51. The first kappa shape index (κ1) is 19.1. The molecule has 0 aliphatic heterocycles. The molecule has 0 atom stereocenters. The maximum absolute atomic E-state index is 12.0. The molecule has 2 aromatic heterocycles. The number of fused-ring (bicyclic) bond motifs is 1. The van der Waals surface area contributed by atoms with Crippen molar-refractivity contribution in [1.29, 1.82) is 0 Å². The molecule has 0 saturated heterocycles. The molecule has 2 aromatic carbocycles. The number of rotatable bonds is 6. The van der Waals surface area contributed by atoms with Crippen molar-refractivity contribution in [2.45, 2.75) is 20.3 Å². The summed E-state index contributed by atoms with van der Waals surface area (Å²) in [7, 11) is 0. The molecule has 0 bridgehead atoms. The molecule has 0 saturated carbocycles. The minimum atomic E-state index is -0.325. The standard InChI is InChI=1S/C23H21N3O2S/c1-3-28-20(27)13-19-25-22(24-18-12-8-7-9-15(18)2)21-17(14-29-23(21)26-19)16-10-5-4-6-11-16/h4-12,14H,3,13H2,1-2H3,(H,24,25,26). The third-order valence-electron chi connectivity index (χ3n) is 4.57. The number of benzene rings is 2. The number of anilines is 2. The van der Waals surface area contributed by atoms with Gasteiger partial charge in [0, 0.05) is 16.6 Å². The van der Waals surface area contributed by atoms with Crippen LogP contribution < -0.4 is 5.32 Å². The summed E-state index contributed by atoms with van der Waals surface area (Å²) >= 11 is 1.55. The van der Waals surface area contributed by atoms with Gasteiger partial charge in [0.1, 0.15) is 22.9 Å². The Balaban J connectivity index is 1.84. The van der Waals surface area contributed by atoms with Crippen LogP contribution >= 0.6 is 11.3 Å². The molecule has 6 heteroatoms. The number of thiophene rings is 1. The molecule has 4 rings (SSSR count). The Bertz CT molecular complexity index is 1160. The Morgan fingerprint density at radius 2 is 1.83 bits per heavy atom. The van der Waals surface area contributed by atoms with Crippen LogP contribution in [-0.2, 0) is 16.0 Å². The van der Waals surface area contributed by atoms with Crippen molar-refractivity contribution in [2.75, 3.05) is 11.9 Å². The van der Waals surface area contributed by atoms with E-state index in [9.17, 15) is 4.79 Å². The van der Waals surface area contributed by atoms with Crippen molar-refractivity contribution in [1.82, 2.24) is 9.97 Å². The van der Waals surface area contributed by atoms with Crippen LogP contribution in [0.15, 0.2) is 60.0 Å². The van der Waals surface area contributed by atoms with Gasteiger partial charge in [-0.1, -0.05) is 48.5 Å². The Morgan fingerprint density at radius 3 is 2.59 bits per heavy atom. The normalized spacial score (nSPS) is 10.8. The highest BCUT2D eigenvalue weighted by Gasteiger charge is 2.17. The average molecular weight is 404 g/mol. The van der Waals surface area contributed by atoms with E-state index in [0.29, 0.717) is 18.2 Å². The molecule has 0 aliphatic carbocycles. The van der Waals surface area contributed by atoms with E-state index in [1.165, 1.54) is 0 Å². The third-order valence-corrected chi connectivity index (χ3v) is 5.44. The van der Waals surface area contributed by atoms with Gasteiger partial charge in [0.2, 0.25) is 0 Å². The average Bonchev–Trinajstić information content (AvgIpc) is 3.15. The zero-order valence-corrected chi connectivity index (χ0v) is 17.1. The van der Waals surface area contributed by atoms with Crippen molar-refractivity contribution in [3.05, 3.63) is 71.4 Å². The number of para-hydroxylation sites is 1. The molecule has 0 spiro atoms. The van der Waals surface area contributed by atoms with Crippen molar-refractivity contribution in [2.24, 2.45) is 0 Å². The van der Waals surface area contributed by atoms with Crippen molar-refractivity contribution >= 4 is 39.0 Å². The molecular weight excluding hydrogens is 382 g/mol. The molecule has 0 aliphatic rings. The van der Waals surface area contributed by atoms with Crippen molar-refractivity contribution in [3.63, 3.8) is 0 Å². The smallest absolute Gasteiger partial charge is 0.313 e. The fraction of sp³-hybridized carbons (Fsp3) is 0.174. The molecule has 4 aromatic rings. The lowest BCUT2D eigenvalue weighted by molar-refractivity contribution is -0.142. The second kappa shape index (κ2) is 8.41. The molecule has 1 N–H and O–H groups in total. The van der Waals surface area contributed by atoms with Crippen LogP contribution in [0.3, 0.4) is 0 Å². The first-order valence-corrected chi connectivity index (χ1v) is 10.4. The highest BCUT2D eigenvalue weighted by Crippen LogP contribution is 2.38. The lowest BCUT2D eigenvalue weighted by Crippen LogP contribution is -2.11. The number of hydrogen-bond donors (Lipinski definition) is 1. The van der Waals surface area contributed by atoms with Gasteiger partial charge in [-0.2, -0.15) is 0 Å². The summed E-state index contributed by atoms with van der Waals surface area (Å²) in [4.78, 5) is 22.2. The Labute approximate surface area is 173 Å². The van der Waals surface area contributed by atoms with E-state index in [-0.39, 0.29) is 12.4 Å². The summed E-state index contributed by atoms with van der Waals surface area (Å²) in [5.74, 6) is 0.825. The first-order valence-electron chi connectivity index (χ1n) is 9.47. The van der Waals surface area contributed by atoms with Crippen LogP contribution in [0, 0.1) is 6.92 Å². The van der Waals surface area contributed by atoms with E-state index < -0.39 is 0 Å². The summed E-state index contributed by atoms with van der Waals surface area (Å²) in [6, 6.07) is 18.2. The maximum Gasteiger partial charge on any atom is 0.313 e. The number of nitrogens with one attached hydrogen (secondary N) is 1. The van der Waals surface area contributed by atoms with Gasteiger partial charge in [0.15, 0.2) is 0 Å². The quantitative estimate of drug-likeness (QED) is 0.430. The lowest BCUT2D eigenvalue weighted by atomic mass is 10.1. The second-order valence-corrected chi connectivity index (χ2v) is 7.46. The summed E-state index contributed by atoms with van der Waals surface area (Å²) in [5.41, 5.74) is 4.26. The highest BCUT2D eigenvalue weighted by molar-refractivity contribution is 7.17. The van der Waals surface area contributed by atoms with Crippen LogP contribution in [0.1, 0.15) is 18.3 Å². The number of carbonyl (C=O) groups is 1. The largest absolute Gasteiger partial charge is 0.466 e. The van der Waals surface area contributed by atoms with Gasteiger partial charge in [-0.25, -0.2) is 9.97 Å². The van der Waals surface area contributed by atoms with E-state index in [0.717, 1.165) is 32.6 Å². The maximum atomic E-state index is 12.0. The number of aryl methyl sites for hydroxylation is 1. The minimum Gasteiger partial charge on any atom is -0.466 e. The van der Waals surface area contributed by atoms with E-state index >= 15 is 0 Å². The van der Waals surface area contributed by atoms with E-state index in [2.05, 4.69) is 27.8 Å². The SMILES string of the molecule is CCOC(=O)Cc1nc(Nc2ccccc2C)c2c(-c3ccccc3)csc2n1. The van der Waals surface area contributed by atoms with Gasteiger partial charge in [0.05, 0.1) is 12.0 Å². The van der Waals surface area contributed by atoms with Gasteiger partial charge in [0.25, 0.3) is 0 Å². The Hall–Kier alpha value is -3.25. The van der Waals surface area contributed by atoms with E-state index in [1.54, 1.807) is 18.3 Å². The zero-order valence-electron chi connectivity index (χ0n) is 16.3. The molecule has 29 heavy (non-hydrogen) atoms. The number of aromatic nitrogens is 2. The number of carbonyl (C=O) groups excluding carboxylic acids is 1. The molecule has 0 radical (unpaired) electrons. The predicted octanol–water partition coefficient (Wildman–Crippen LogP) is 5.52.